The molecule has 2 rings (SSSR count). The molecule has 2 unspecified atom stereocenters. The van der Waals surface area contributed by atoms with Crippen LogP contribution in [0.4, 0.5) is 0 Å². The van der Waals surface area contributed by atoms with Crippen LogP contribution in [0.5, 0.6) is 0 Å². The van der Waals surface area contributed by atoms with Crippen LogP contribution in [-0.2, 0) is 24.4 Å². The molecule has 2 aliphatic carbocycles. The third-order valence-electron chi connectivity index (χ3n) is 2.52. The maximum absolute atomic E-state index is 2.36. The van der Waals surface area contributed by atoms with E-state index in [2.05, 4.69) is 18.2 Å². The molecule has 0 bridgehead atoms. The van der Waals surface area contributed by atoms with Crippen LogP contribution in [0.3, 0.4) is 0 Å². The molecule has 3 heteroatoms. The fourth-order valence-electron chi connectivity index (χ4n) is 1.91. The second kappa shape index (κ2) is 5.77. The standard InChI is InChI=1S/C9H11.BrH.ClH.Hf/c1-2-5-9-7-3-6-8(9)4-1;;;/h1-2,4,6,9H,3,5,7H2;2*1H;/q;;;+2/p-2. The molecule has 65 valence electrons. The summed E-state index contributed by atoms with van der Waals surface area (Å²) in [5.41, 5.74) is 1.77. The molecular weight excluding hydrogens is 402 g/mol. The Kier molecular flexibility index (Phi) is 6.31. The van der Waals surface area contributed by atoms with Gasteiger partial charge in [0, 0.05) is 0 Å². The molecule has 0 amide bonds. The van der Waals surface area contributed by atoms with E-state index in [4.69, 9.17) is 0 Å². The number of rotatable bonds is 0. The molecule has 2 atom stereocenters. The van der Waals surface area contributed by atoms with Crippen LogP contribution >= 0.6 is 0 Å². The molecule has 0 N–H and O–H groups in total. The number of halogens is 2. The van der Waals surface area contributed by atoms with Crippen LogP contribution in [0.15, 0.2) is 23.8 Å². The van der Waals surface area contributed by atoms with Crippen LogP contribution in [0.25, 0.3) is 0 Å². The summed E-state index contributed by atoms with van der Waals surface area (Å²) in [6.45, 7) is 0. The van der Waals surface area contributed by atoms with Gasteiger partial charge in [0.1, 0.15) is 0 Å². The third kappa shape index (κ3) is 2.55. The summed E-state index contributed by atoms with van der Waals surface area (Å²) in [6, 6.07) is 0. The van der Waals surface area contributed by atoms with E-state index >= 15 is 0 Å². The third-order valence-corrected chi connectivity index (χ3v) is 4.76. The van der Waals surface area contributed by atoms with Gasteiger partial charge in [-0.1, -0.05) is 0 Å². The topological polar surface area (TPSA) is 0 Å². The Balaban J connectivity index is 0.000000605. The van der Waals surface area contributed by atoms with Crippen LogP contribution < -0.4 is 29.4 Å². The monoisotopic (exact) mass is 413 g/mol. The van der Waals surface area contributed by atoms with Gasteiger partial charge in [-0.25, -0.2) is 0 Å². The van der Waals surface area contributed by atoms with Crippen molar-refractivity contribution in [2.24, 2.45) is 5.92 Å². The molecule has 12 heavy (non-hydrogen) atoms. The molecule has 0 saturated heterocycles. The van der Waals surface area contributed by atoms with E-state index in [0.717, 1.165) is 9.59 Å². The maximum atomic E-state index is 2.36. The zero-order valence-electron chi connectivity index (χ0n) is 6.76. The summed E-state index contributed by atoms with van der Waals surface area (Å²) < 4.78 is 1.01. The van der Waals surface area contributed by atoms with Gasteiger partial charge in [0.25, 0.3) is 0 Å². The average Bonchev–Trinajstić information content (AvgIpc) is 2.34. The Morgan fingerprint density at radius 1 is 1.33 bits per heavy atom. The molecule has 0 aliphatic heterocycles. The van der Waals surface area contributed by atoms with E-state index in [1.54, 1.807) is 5.57 Å². The first-order valence-corrected chi connectivity index (χ1v) is 6.03. The molecule has 0 spiro atoms. The van der Waals surface area contributed by atoms with E-state index in [9.17, 15) is 0 Å². The number of fused-ring (bicyclic) bond motifs is 1. The quantitative estimate of drug-likeness (QED) is 0.364. The average molecular weight is 413 g/mol. The first-order chi connectivity index (χ1) is 4.88. The zero-order valence-corrected chi connectivity index (χ0v) is 12.7. The Bertz CT molecular complexity index is 201. The Morgan fingerprint density at radius 2 is 2.08 bits per heavy atom. The molecule has 0 radical (unpaired) electrons. The van der Waals surface area contributed by atoms with E-state index in [0.29, 0.717) is 0 Å². The normalized spacial score (nSPS) is 31.3. The number of hydrogen-bond donors (Lipinski definition) is 0. The van der Waals surface area contributed by atoms with E-state index in [1.807, 2.05) is 0 Å². The van der Waals surface area contributed by atoms with Gasteiger partial charge in [-0.15, -0.1) is 0 Å². The molecule has 0 heterocycles. The Labute approximate surface area is 106 Å². The minimum absolute atomic E-state index is 0. The molecule has 0 nitrogen and oxygen atoms in total. The molecule has 0 aromatic heterocycles. The number of hydrogen-bond acceptors (Lipinski definition) is 0. The van der Waals surface area contributed by atoms with Gasteiger partial charge in [-0.2, -0.15) is 0 Å². The van der Waals surface area contributed by atoms with Crippen molar-refractivity contribution in [3.05, 3.63) is 23.8 Å². The van der Waals surface area contributed by atoms with Crippen LogP contribution in [0.1, 0.15) is 19.3 Å². The van der Waals surface area contributed by atoms with Crippen molar-refractivity contribution in [3.63, 3.8) is 0 Å². The second-order valence-electron chi connectivity index (χ2n) is 3.16. The SMILES string of the molecule is [Br-].[Cl-].[Hf+2][CH]1CCC2CC=CC=C12. The summed E-state index contributed by atoms with van der Waals surface area (Å²) >= 11 is 1.37. The van der Waals surface area contributed by atoms with Crippen molar-refractivity contribution >= 4 is 0 Å². The number of allylic oxidation sites excluding steroid dienone is 4. The minimum atomic E-state index is 0. The molecule has 0 aromatic rings. The molecule has 1 fully saturated rings. The first-order valence-electron chi connectivity index (χ1n) is 3.95. The van der Waals surface area contributed by atoms with Gasteiger partial charge in [0.2, 0.25) is 0 Å². The van der Waals surface area contributed by atoms with Crippen molar-refractivity contribution in [2.75, 3.05) is 0 Å². The Hall–Kier alpha value is 1.12. The van der Waals surface area contributed by atoms with Crippen molar-refractivity contribution in [1.82, 2.24) is 0 Å². The molecular formula is C9H11BrClHf. The van der Waals surface area contributed by atoms with Crippen molar-refractivity contribution in [1.29, 1.82) is 0 Å². The van der Waals surface area contributed by atoms with E-state index in [1.165, 1.54) is 43.6 Å². The van der Waals surface area contributed by atoms with Crippen molar-refractivity contribution < 1.29 is 53.8 Å². The van der Waals surface area contributed by atoms with Crippen molar-refractivity contribution in [2.45, 2.75) is 22.9 Å². The van der Waals surface area contributed by atoms with Crippen molar-refractivity contribution in [3.8, 4) is 0 Å². The predicted molar refractivity (Wildman–Crippen MR) is 38.3 cm³/mol. The van der Waals surface area contributed by atoms with E-state index < -0.39 is 0 Å². The Morgan fingerprint density at radius 3 is 2.75 bits per heavy atom. The summed E-state index contributed by atoms with van der Waals surface area (Å²) in [5, 5.41) is 0. The van der Waals surface area contributed by atoms with E-state index in [-0.39, 0.29) is 29.4 Å². The fraction of sp³-hybridized carbons (Fsp3) is 0.556. The summed E-state index contributed by atoms with van der Waals surface area (Å²) in [5.74, 6) is 0.951. The van der Waals surface area contributed by atoms with Crippen LogP contribution in [-0.4, -0.2) is 0 Å². The van der Waals surface area contributed by atoms with Crippen LogP contribution in [0, 0.1) is 5.92 Å². The van der Waals surface area contributed by atoms with Gasteiger partial charge in [-0.3, -0.25) is 0 Å². The first kappa shape index (κ1) is 13.1. The van der Waals surface area contributed by atoms with Gasteiger partial charge < -0.3 is 29.4 Å². The molecule has 2 aliphatic rings. The van der Waals surface area contributed by atoms with Gasteiger partial charge in [0.05, 0.1) is 0 Å². The summed E-state index contributed by atoms with van der Waals surface area (Å²) in [6.07, 6.45) is 11.2. The summed E-state index contributed by atoms with van der Waals surface area (Å²) in [7, 11) is 0. The second-order valence-corrected chi connectivity index (χ2v) is 5.66. The summed E-state index contributed by atoms with van der Waals surface area (Å²) in [4.78, 5) is 0. The van der Waals surface area contributed by atoms with Gasteiger partial charge >= 0.3 is 77.0 Å². The van der Waals surface area contributed by atoms with Crippen LogP contribution in [0.2, 0.25) is 3.67 Å². The van der Waals surface area contributed by atoms with Gasteiger partial charge in [0.15, 0.2) is 0 Å². The molecule has 1 saturated carbocycles. The van der Waals surface area contributed by atoms with Gasteiger partial charge in [-0.05, 0) is 0 Å². The predicted octanol–water partition coefficient (Wildman–Crippen LogP) is -3.37. The molecule has 0 aromatic carbocycles. The zero-order chi connectivity index (χ0) is 6.97. The fourth-order valence-corrected chi connectivity index (χ4v) is 3.71.